The Morgan fingerprint density at radius 2 is 1.68 bits per heavy atom. The van der Waals surface area contributed by atoms with Crippen LogP contribution in [0.25, 0.3) is 10.9 Å². The number of hydrogen-bond acceptors (Lipinski definition) is 4. The Kier molecular flexibility index (Phi) is 9.54. The predicted molar refractivity (Wildman–Crippen MR) is 90.5 cm³/mol. The number of nitrogens with zero attached hydrogens (tertiary/aromatic N) is 3. The number of pyridine rings is 1. The van der Waals surface area contributed by atoms with E-state index < -0.39 is 0 Å². The minimum absolute atomic E-state index is 0.160. The summed E-state index contributed by atoms with van der Waals surface area (Å²) in [7, 11) is 0. The lowest BCUT2D eigenvalue weighted by Gasteiger charge is -1.91. The number of aliphatic hydroxyl groups is 1. The molecule has 3 aromatic rings. The average Bonchev–Trinajstić information content (AvgIpc) is 3.01. The number of aromatic nitrogens is 3. The van der Waals surface area contributed by atoms with Gasteiger partial charge in [0.1, 0.15) is 5.82 Å². The fourth-order valence-corrected chi connectivity index (χ4v) is 1.56. The molecule has 0 radical (unpaired) electrons. The van der Waals surface area contributed by atoms with Crippen LogP contribution >= 0.6 is 35.3 Å². The molecule has 1 aromatic carbocycles. The number of fused-ring (bicyclic) bond motifs is 1. The van der Waals surface area contributed by atoms with E-state index in [-0.39, 0.29) is 6.61 Å². The molecule has 5 nitrogen and oxygen atoms in total. The normalized spacial score (nSPS) is 9.68. The van der Waals surface area contributed by atoms with Crippen LogP contribution in [0.15, 0.2) is 55.0 Å². The average molecular weight is 362 g/mol. The van der Waals surface area contributed by atoms with Crippen molar-refractivity contribution in [2.24, 2.45) is 0 Å². The second-order valence-electron chi connectivity index (χ2n) is 3.90. The second kappa shape index (κ2) is 11.2. The summed E-state index contributed by atoms with van der Waals surface area (Å²) in [6.07, 6.45) is 5.84. The van der Waals surface area contributed by atoms with Crippen LogP contribution in [0.1, 0.15) is 5.82 Å². The van der Waals surface area contributed by atoms with Gasteiger partial charge in [0, 0.05) is 65.7 Å². The van der Waals surface area contributed by atoms with E-state index in [4.69, 9.17) is 5.11 Å². The fourth-order valence-electron chi connectivity index (χ4n) is 1.56. The molecule has 0 spiro atoms. The molecule has 0 atom stereocenters. The molecule has 118 valence electrons. The van der Waals surface area contributed by atoms with Crippen molar-refractivity contribution in [1.82, 2.24) is 18.4 Å². The molecule has 2 heterocycles. The van der Waals surface area contributed by atoms with Crippen LogP contribution in [-0.4, -0.2) is 30.1 Å². The molecule has 0 unspecified atom stereocenters. The molecule has 2 aromatic heterocycles. The molecule has 0 aliphatic carbocycles. The maximum absolute atomic E-state index is 8.38. The Bertz CT molecular complexity index is 567. The lowest BCUT2D eigenvalue weighted by Crippen LogP contribution is -1.91. The van der Waals surface area contributed by atoms with E-state index in [0.29, 0.717) is 9.88 Å². The quantitative estimate of drug-likeness (QED) is 0.679. The number of hydrogen-bond donors (Lipinski definition) is 2. The van der Waals surface area contributed by atoms with Crippen LogP contribution in [0.2, 0.25) is 0 Å². The van der Waals surface area contributed by atoms with Crippen molar-refractivity contribution in [1.29, 1.82) is 0 Å². The van der Waals surface area contributed by atoms with Gasteiger partial charge in [-0.1, -0.05) is 24.3 Å². The van der Waals surface area contributed by atoms with E-state index >= 15 is 0 Å². The van der Waals surface area contributed by atoms with Crippen molar-refractivity contribution in [2.45, 2.75) is 6.42 Å². The molecular formula is C14H15Cl3N4O. The molecule has 22 heavy (non-hydrogen) atoms. The van der Waals surface area contributed by atoms with Crippen molar-refractivity contribution in [3.63, 3.8) is 0 Å². The lowest BCUT2D eigenvalue weighted by atomic mass is 10.2. The zero-order valence-corrected chi connectivity index (χ0v) is 13.8. The number of imidazole rings is 1. The van der Waals surface area contributed by atoms with E-state index in [9.17, 15) is 0 Å². The molecular weight excluding hydrogens is 347 g/mol. The van der Waals surface area contributed by atoms with E-state index in [1.54, 1.807) is 12.4 Å². The predicted octanol–water partition coefficient (Wildman–Crippen LogP) is 3.93. The molecule has 0 saturated heterocycles. The smallest absolute Gasteiger partial charge is 0.108 e. The van der Waals surface area contributed by atoms with Gasteiger partial charge in [-0.15, -0.1) is 0 Å². The Hall–Kier alpha value is -1.37. The summed E-state index contributed by atoms with van der Waals surface area (Å²) in [4.78, 5) is 10.9. The van der Waals surface area contributed by atoms with Crippen molar-refractivity contribution in [3.05, 3.63) is 60.8 Å². The first-order valence-electron chi connectivity index (χ1n) is 6.30. The minimum atomic E-state index is 0.160. The lowest BCUT2D eigenvalue weighted by molar-refractivity contribution is 0.297. The van der Waals surface area contributed by atoms with Crippen molar-refractivity contribution in [2.75, 3.05) is 6.61 Å². The van der Waals surface area contributed by atoms with E-state index in [2.05, 4.69) is 62.4 Å². The zero-order chi connectivity index (χ0) is 16.2. The molecule has 0 fully saturated rings. The van der Waals surface area contributed by atoms with Gasteiger partial charge >= 0.3 is 0 Å². The number of benzene rings is 1. The van der Waals surface area contributed by atoms with Gasteiger partial charge in [0.2, 0.25) is 0 Å². The fraction of sp³-hybridized carbons (Fsp3) is 0.143. The Balaban J connectivity index is 0.000000182. The van der Waals surface area contributed by atoms with Crippen LogP contribution in [0.3, 0.4) is 0 Å². The molecule has 0 aliphatic heterocycles. The number of aliphatic hydroxyl groups excluding tert-OH is 1. The van der Waals surface area contributed by atoms with Crippen molar-refractivity contribution in [3.8, 4) is 0 Å². The van der Waals surface area contributed by atoms with Crippen LogP contribution in [0, 0.1) is 0 Å². The van der Waals surface area contributed by atoms with E-state index in [1.165, 1.54) is 5.39 Å². The summed E-state index contributed by atoms with van der Waals surface area (Å²) >= 11 is 13.9. The summed E-state index contributed by atoms with van der Waals surface area (Å²) in [5.41, 5.74) is 1.06. The van der Waals surface area contributed by atoms with E-state index in [1.807, 2.05) is 30.5 Å². The summed E-state index contributed by atoms with van der Waals surface area (Å²) < 4.78 is 0.417. The number of rotatable bonds is 2. The molecule has 0 amide bonds. The third kappa shape index (κ3) is 8.17. The second-order valence-corrected chi connectivity index (χ2v) is 5.43. The van der Waals surface area contributed by atoms with Crippen LogP contribution in [0.4, 0.5) is 0 Å². The third-order valence-corrected chi connectivity index (χ3v) is 2.42. The molecule has 0 aliphatic rings. The Morgan fingerprint density at radius 3 is 2.27 bits per heavy atom. The molecule has 3 rings (SSSR count). The monoisotopic (exact) mass is 360 g/mol. The summed E-state index contributed by atoms with van der Waals surface area (Å²) in [5.74, 6) is 0.840. The highest BCUT2D eigenvalue weighted by Crippen LogP contribution is 2.07. The van der Waals surface area contributed by atoms with E-state index in [0.717, 1.165) is 11.3 Å². The van der Waals surface area contributed by atoms with Crippen molar-refractivity contribution >= 4 is 46.2 Å². The number of nitrogens with one attached hydrogen (secondary N) is 1. The highest BCUT2D eigenvalue weighted by molar-refractivity contribution is 6.50. The van der Waals surface area contributed by atoms with Crippen molar-refractivity contribution < 1.29 is 5.11 Å². The zero-order valence-electron chi connectivity index (χ0n) is 11.5. The Labute approximate surface area is 143 Å². The minimum Gasteiger partial charge on any atom is -0.396 e. The summed E-state index contributed by atoms with van der Waals surface area (Å²) in [6.45, 7) is 0.160. The van der Waals surface area contributed by atoms with Gasteiger partial charge in [-0.3, -0.25) is 4.98 Å². The topological polar surface area (TPSA) is 65.0 Å². The molecule has 0 bridgehead atoms. The number of H-pyrrole nitrogens is 1. The SMILES string of the molecule is ClN(Cl)Cl.OCCc1ncc[nH]1.c1ccc2ncccc2c1. The molecule has 8 heteroatoms. The highest BCUT2D eigenvalue weighted by atomic mass is 35.6. The molecule has 2 N–H and O–H groups in total. The number of aromatic amines is 1. The van der Waals surface area contributed by atoms with Gasteiger partial charge in [0.25, 0.3) is 0 Å². The third-order valence-electron chi connectivity index (χ3n) is 2.42. The summed E-state index contributed by atoms with van der Waals surface area (Å²) in [5, 5.41) is 9.58. The van der Waals surface area contributed by atoms with Crippen LogP contribution in [-0.2, 0) is 6.42 Å². The number of halogens is 3. The number of para-hydroxylation sites is 1. The van der Waals surface area contributed by atoms with Crippen LogP contribution < -0.4 is 0 Å². The maximum atomic E-state index is 8.38. The maximum Gasteiger partial charge on any atom is 0.108 e. The van der Waals surface area contributed by atoms with Gasteiger partial charge in [-0.05, 0) is 15.6 Å². The largest absolute Gasteiger partial charge is 0.396 e. The van der Waals surface area contributed by atoms with Gasteiger partial charge in [0.15, 0.2) is 0 Å². The first-order valence-corrected chi connectivity index (χ1v) is 7.31. The first-order chi connectivity index (χ1) is 10.6. The standard InChI is InChI=1S/C9H7N.C5H8N2O.Cl3N/c1-2-6-9-8(4-1)5-3-7-10-9;8-4-1-5-6-2-3-7-5;1-4(2)3/h1-7H;2-3,8H,1,4H2,(H,6,7);. The van der Waals surface area contributed by atoms with Gasteiger partial charge in [-0.2, -0.15) is 0 Å². The molecule has 0 saturated carbocycles. The van der Waals surface area contributed by atoms with Gasteiger partial charge in [0.05, 0.1) is 12.1 Å². The highest BCUT2D eigenvalue weighted by Gasteiger charge is 1.88. The van der Waals surface area contributed by atoms with Gasteiger partial charge in [-0.25, -0.2) is 4.98 Å². The first kappa shape index (κ1) is 18.7. The van der Waals surface area contributed by atoms with Crippen LogP contribution in [0.5, 0.6) is 0 Å². The van der Waals surface area contributed by atoms with Gasteiger partial charge < -0.3 is 10.1 Å². The Morgan fingerprint density at radius 1 is 1.00 bits per heavy atom. The summed E-state index contributed by atoms with van der Waals surface area (Å²) in [6, 6.07) is 12.1.